The summed E-state index contributed by atoms with van der Waals surface area (Å²) in [5, 5.41) is 8.65. The minimum atomic E-state index is -0.653. The van der Waals surface area contributed by atoms with Crippen LogP contribution in [0, 0.1) is 12.3 Å². The second-order valence-corrected chi connectivity index (χ2v) is 2.73. The maximum absolute atomic E-state index is 8.65. The number of terminal acetylenes is 1. The van der Waals surface area contributed by atoms with Crippen molar-refractivity contribution in [3.8, 4) is 12.3 Å². The minimum absolute atomic E-state index is 0.00231. The lowest BCUT2D eigenvalue weighted by Crippen LogP contribution is -2.13. The smallest absolute Gasteiger partial charge is 0.126 e. The van der Waals surface area contributed by atoms with Gasteiger partial charge in [0.25, 0.3) is 0 Å². The van der Waals surface area contributed by atoms with Gasteiger partial charge in [0.1, 0.15) is 6.10 Å². The topological polar surface area (TPSA) is 20.2 Å². The normalized spacial score (nSPS) is 17.4. The van der Waals surface area contributed by atoms with E-state index in [4.69, 9.17) is 11.5 Å². The maximum atomic E-state index is 8.65. The third kappa shape index (κ3) is 2.67. The Bertz CT molecular complexity index is 82.6. The minimum Gasteiger partial charge on any atom is -0.379 e. The van der Waals surface area contributed by atoms with Crippen molar-refractivity contribution < 1.29 is 5.11 Å². The zero-order valence-electron chi connectivity index (χ0n) is 4.06. The van der Waals surface area contributed by atoms with Gasteiger partial charge in [0.05, 0.1) is 0 Å². The fourth-order valence-corrected chi connectivity index (χ4v) is 0.285. The number of alkyl halides is 1. The van der Waals surface area contributed by atoms with Crippen molar-refractivity contribution in [2.75, 3.05) is 0 Å². The predicted molar refractivity (Wildman–Crippen MR) is 33.2 cm³/mol. The molecule has 0 unspecified atom stereocenters. The highest BCUT2D eigenvalue weighted by atomic mass is 79.9. The maximum Gasteiger partial charge on any atom is 0.126 e. The fraction of sp³-hybridized carbons (Fsp3) is 0.600. The number of halogens is 1. The number of aliphatic hydroxyl groups excluding tert-OH is 1. The van der Waals surface area contributed by atoms with Crippen molar-refractivity contribution in [1.29, 1.82) is 0 Å². The first-order valence-electron chi connectivity index (χ1n) is 1.96. The van der Waals surface area contributed by atoms with Gasteiger partial charge in [-0.15, -0.1) is 6.42 Å². The van der Waals surface area contributed by atoms with Crippen LogP contribution in [0.4, 0.5) is 0 Å². The monoisotopic (exact) mass is 162 g/mol. The lowest BCUT2D eigenvalue weighted by molar-refractivity contribution is 0.236. The molecule has 40 valence electrons. The van der Waals surface area contributed by atoms with Crippen LogP contribution < -0.4 is 0 Å². The Morgan fingerprint density at radius 1 is 1.86 bits per heavy atom. The molecule has 0 aliphatic heterocycles. The molecule has 2 heteroatoms. The SMILES string of the molecule is C#C[C@@H](O)[C@H](C)Br. The van der Waals surface area contributed by atoms with Crippen LogP contribution in [0.25, 0.3) is 0 Å². The van der Waals surface area contributed by atoms with Gasteiger partial charge in [-0.25, -0.2) is 0 Å². The summed E-state index contributed by atoms with van der Waals surface area (Å²) in [6, 6.07) is 0. The first kappa shape index (κ1) is 7.00. The number of aliphatic hydroxyl groups is 1. The highest BCUT2D eigenvalue weighted by Crippen LogP contribution is 2.01. The third-order valence-electron chi connectivity index (χ3n) is 0.606. The van der Waals surface area contributed by atoms with E-state index in [9.17, 15) is 0 Å². The first-order valence-corrected chi connectivity index (χ1v) is 2.88. The summed E-state index contributed by atoms with van der Waals surface area (Å²) in [5.74, 6) is 2.17. The molecule has 0 aromatic heterocycles. The van der Waals surface area contributed by atoms with Crippen LogP contribution in [-0.4, -0.2) is 16.0 Å². The van der Waals surface area contributed by atoms with Crippen molar-refractivity contribution in [2.24, 2.45) is 0 Å². The molecular formula is C5H7BrO. The van der Waals surface area contributed by atoms with Crippen molar-refractivity contribution >= 4 is 15.9 Å². The van der Waals surface area contributed by atoms with E-state index < -0.39 is 6.10 Å². The Hall–Kier alpha value is 0. The second-order valence-electron chi connectivity index (χ2n) is 1.29. The summed E-state index contributed by atoms with van der Waals surface area (Å²) in [6.07, 6.45) is 4.19. The molecule has 0 rings (SSSR count). The summed E-state index contributed by atoms with van der Waals surface area (Å²) in [5.41, 5.74) is 0. The summed E-state index contributed by atoms with van der Waals surface area (Å²) >= 11 is 3.11. The van der Waals surface area contributed by atoms with Gasteiger partial charge in [0.2, 0.25) is 0 Å². The van der Waals surface area contributed by atoms with Crippen LogP contribution in [-0.2, 0) is 0 Å². The van der Waals surface area contributed by atoms with Gasteiger partial charge >= 0.3 is 0 Å². The molecule has 1 nitrogen and oxygen atoms in total. The summed E-state index contributed by atoms with van der Waals surface area (Å²) < 4.78 is 0. The Labute approximate surface area is 51.9 Å². The molecule has 0 amide bonds. The lowest BCUT2D eigenvalue weighted by Gasteiger charge is -2.01. The van der Waals surface area contributed by atoms with Crippen LogP contribution in [0.3, 0.4) is 0 Å². The fourth-order valence-electron chi connectivity index (χ4n) is 0.133. The number of hydrogen-bond donors (Lipinski definition) is 1. The molecule has 0 aliphatic carbocycles. The van der Waals surface area contributed by atoms with E-state index in [1.54, 1.807) is 6.92 Å². The second kappa shape index (κ2) is 3.06. The van der Waals surface area contributed by atoms with Gasteiger partial charge in [0.15, 0.2) is 0 Å². The third-order valence-corrected chi connectivity index (χ3v) is 1.11. The van der Waals surface area contributed by atoms with Crippen molar-refractivity contribution in [3.05, 3.63) is 0 Å². The van der Waals surface area contributed by atoms with Gasteiger partial charge in [-0.2, -0.15) is 0 Å². The Balaban J connectivity index is 3.40. The molecule has 0 bridgehead atoms. The molecule has 7 heavy (non-hydrogen) atoms. The Morgan fingerprint density at radius 3 is 2.29 bits per heavy atom. The molecule has 2 atom stereocenters. The Morgan fingerprint density at radius 2 is 2.29 bits per heavy atom. The van der Waals surface area contributed by atoms with E-state index in [-0.39, 0.29) is 4.83 Å². The molecule has 0 aliphatic rings. The van der Waals surface area contributed by atoms with Crippen LogP contribution in [0.1, 0.15) is 6.92 Å². The number of hydrogen-bond acceptors (Lipinski definition) is 1. The highest BCUT2D eigenvalue weighted by Gasteiger charge is 2.03. The molecule has 0 heterocycles. The van der Waals surface area contributed by atoms with Gasteiger partial charge < -0.3 is 5.11 Å². The van der Waals surface area contributed by atoms with E-state index in [2.05, 4.69) is 21.9 Å². The molecule has 0 spiro atoms. The predicted octanol–water partition coefficient (Wildman–Crippen LogP) is 0.764. The summed E-state index contributed by atoms with van der Waals surface area (Å²) in [6.45, 7) is 1.80. The molecule has 0 radical (unpaired) electrons. The van der Waals surface area contributed by atoms with E-state index in [1.807, 2.05) is 0 Å². The first-order chi connectivity index (χ1) is 3.18. The van der Waals surface area contributed by atoms with E-state index >= 15 is 0 Å². The average molecular weight is 163 g/mol. The molecule has 0 saturated carbocycles. The van der Waals surface area contributed by atoms with Crippen LogP contribution >= 0.6 is 15.9 Å². The van der Waals surface area contributed by atoms with E-state index in [0.29, 0.717) is 0 Å². The standard InChI is InChI=1S/C5H7BrO/c1-3-5(7)4(2)6/h1,4-5,7H,2H3/t4-,5+/m0/s1. The van der Waals surface area contributed by atoms with Gasteiger partial charge in [-0.05, 0) is 6.92 Å². The molecule has 0 aromatic carbocycles. The summed E-state index contributed by atoms with van der Waals surface area (Å²) in [4.78, 5) is -0.00231. The Kier molecular flexibility index (Phi) is 3.06. The highest BCUT2D eigenvalue weighted by molar-refractivity contribution is 9.09. The molecule has 0 fully saturated rings. The molecule has 0 saturated heterocycles. The molecule has 0 aromatic rings. The van der Waals surface area contributed by atoms with Crippen molar-refractivity contribution in [3.63, 3.8) is 0 Å². The van der Waals surface area contributed by atoms with Crippen LogP contribution in [0.15, 0.2) is 0 Å². The molecule has 1 N–H and O–H groups in total. The van der Waals surface area contributed by atoms with Crippen molar-refractivity contribution in [2.45, 2.75) is 17.9 Å². The van der Waals surface area contributed by atoms with Gasteiger partial charge in [-0.3, -0.25) is 0 Å². The lowest BCUT2D eigenvalue weighted by atomic mass is 10.3. The largest absolute Gasteiger partial charge is 0.379 e. The van der Waals surface area contributed by atoms with Gasteiger partial charge in [0, 0.05) is 4.83 Å². The van der Waals surface area contributed by atoms with E-state index in [1.165, 1.54) is 0 Å². The quantitative estimate of drug-likeness (QED) is 0.447. The average Bonchev–Trinajstić information content (AvgIpc) is 1.65. The zero-order chi connectivity index (χ0) is 5.86. The number of rotatable bonds is 1. The van der Waals surface area contributed by atoms with Crippen LogP contribution in [0.5, 0.6) is 0 Å². The van der Waals surface area contributed by atoms with Crippen LogP contribution in [0.2, 0.25) is 0 Å². The summed E-state index contributed by atoms with van der Waals surface area (Å²) in [7, 11) is 0. The molecular weight excluding hydrogens is 156 g/mol. The van der Waals surface area contributed by atoms with Crippen molar-refractivity contribution in [1.82, 2.24) is 0 Å². The zero-order valence-corrected chi connectivity index (χ0v) is 5.64. The van der Waals surface area contributed by atoms with Gasteiger partial charge in [-0.1, -0.05) is 21.9 Å². The van der Waals surface area contributed by atoms with E-state index in [0.717, 1.165) is 0 Å².